The minimum Gasteiger partial charge on any atom is -0.369 e. The fourth-order valence-electron chi connectivity index (χ4n) is 1.63. The van der Waals surface area contributed by atoms with Gasteiger partial charge in [-0.05, 0) is 26.7 Å². The number of aromatic amines is 1. The SMILES string of the molecule is CC#Cc1nn(C(C)C)c2nc(N)[nH]c(=O)c12. The molecule has 2 heterocycles. The maximum absolute atomic E-state index is 11.8. The van der Waals surface area contributed by atoms with E-state index in [9.17, 15) is 4.79 Å². The van der Waals surface area contributed by atoms with Crippen molar-refractivity contribution in [1.82, 2.24) is 19.7 Å². The van der Waals surface area contributed by atoms with Crippen LogP contribution in [0.25, 0.3) is 11.0 Å². The summed E-state index contributed by atoms with van der Waals surface area (Å²) in [7, 11) is 0. The molecule has 0 aromatic carbocycles. The van der Waals surface area contributed by atoms with Crippen LogP contribution in [-0.2, 0) is 0 Å². The Labute approximate surface area is 97.8 Å². The second kappa shape index (κ2) is 3.94. The van der Waals surface area contributed by atoms with Crippen molar-refractivity contribution in [2.75, 3.05) is 5.73 Å². The number of nitrogens with one attached hydrogen (secondary N) is 1. The van der Waals surface area contributed by atoms with Crippen LogP contribution in [0.5, 0.6) is 0 Å². The highest BCUT2D eigenvalue weighted by Crippen LogP contribution is 2.16. The third-order valence-electron chi connectivity index (χ3n) is 2.31. The molecule has 0 spiro atoms. The van der Waals surface area contributed by atoms with Crippen LogP contribution in [0.1, 0.15) is 32.5 Å². The number of aromatic nitrogens is 4. The predicted molar refractivity (Wildman–Crippen MR) is 65.5 cm³/mol. The van der Waals surface area contributed by atoms with Gasteiger partial charge in [0.05, 0.1) is 0 Å². The summed E-state index contributed by atoms with van der Waals surface area (Å²) >= 11 is 0. The molecule has 0 radical (unpaired) electrons. The third kappa shape index (κ3) is 1.76. The van der Waals surface area contributed by atoms with Gasteiger partial charge in [0, 0.05) is 6.04 Å². The normalized spacial score (nSPS) is 10.6. The van der Waals surface area contributed by atoms with Gasteiger partial charge < -0.3 is 5.73 Å². The van der Waals surface area contributed by atoms with E-state index in [-0.39, 0.29) is 17.5 Å². The lowest BCUT2D eigenvalue weighted by Gasteiger charge is -2.05. The zero-order valence-electron chi connectivity index (χ0n) is 9.90. The molecular formula is C11H13N5O. The van der Waals surface area contributed by atoms with Crippen molar-refractivity contribution in [2.24, 2.45) is 0 Å². The van der Waals surface area contributed by atoms with Crippen LogP contribution in [0.15, 0.2) is 4.79 Å². The van der Waals surface area contributed by atoms with Gasteiger partial charge in [-0.2, -0.15) is 10.1 Å². The number of nitrogen functional groups attached to an aromatic ring is 1. The fourth-order valence-corrected chi connectivity index (χ4v) is 1.63. The average molecular weight is 231 g/mol. The van der Waals surface area contributed by atoms with Crippen molar-refractivity contribution in [3.8, 4) is 11.8 Å². The third-order valence-corrected chi connectivity index (χ3v) is 2.31. The Balaban J connectivity index is 2.94. The Hall–Kier alpha value is -2.29. The molecule has 2 rings (SSSR count). The first-order valence-corrected chi connectivity index (χ1v) is 5.25. The van der Waals surface area contributed by atoms with Gasteiger partial charge in [-0.25, -0.2) is 4.68 Å². The van der Waals surface area contributed by atoms with Gasteiger partial charge in [0.1, 0.15) is 11.1 Å². The summed E-state index contributed by atoms with van der Waals surface area (Å²) < 4.78 is 1.65. The van der Waals surface area contributed by atoms with Crippen LogP contribution in [-0.4, -0.2) is 19.7 Å². The van der Waals surface area contributed by atoms with E-state index in [1.807, 2.05) is 13.8 Å². The molecule has 0 atom stereocenters. The Morgan fingerprint density at radius 2 is 2.18 bits per heavy atom. The van der Waals surface area contributed by atoms with E-state index in [0.29, 0.717) is 16.7 Å². The minimum atomic E-state index is -0.308. The molecule has 0 amide bonds. The van der Waals surface area contributed by atoms with Crippen LogP contribution in [0.4, 0.5) is 5.95 Å². The number of rotatable bonds is 1. The summed E-state index contributed by atoms with van der Waals surface area (Å²) in [5, 5.41) is 4.68. The summed E-state index contributed by atoms with van der Waals surface area (Å²) in [4.78, 5) is 18.4. The number of nitrogens with zero attached hydrogens (tertiary/aromatic N) is 3. The lowest BCUT2D eigenvalue weighted by atomic mass is 10.3. The van der Waals surface area contributed by atoms with Gasteiger partial charge >= 0.3 is 0 Å². The van der Waals surface area contributed by atoms with Crippen LogP contribution < -0.4 is 11.3 Å². The van der Waals surface area contributed by atoms with Gasteiger partial charge in [0.25, 0.3) is 5.56 Å². The second-order valence-corrected chi connectivity index (χ2v) is 3.91. The Morgan fingerprint density at radius 3 is 2.76 bits per heavy atom. The number of nitrogens with two attached hydrogens (primary N) is 1. The molecule has 0 aliphatic carbocycles. The monoisotopic (exact) mass is 231 g/mol. The number of fused-ring (bicyclic) bond motifs is 1. The lowest BCUT2D eigenvalue weighted by molar-refractivity contribution is 0.545. The smallest absolute Gasteiger partial charge is 0.264 e. The van der Waals surface area contributed by atoms with Crippen LogP contribution in [0, 0.1) is 11.8 Å². The summed E-state index contributed by atoms with van der Waals surface area (Å²) in [6.45, 7) is 5.60. The van der Waals surface area contributed by atoms with Crippen molar-refractivity contribution in [2.45, 2.75) is 26.8 Å². The molecule has 0 fully saturated rings. The quantitative estimate of drug-likeness (QED) is 0.705. The van der Waals surface area contributed by atoms with Gasteiger partial charge in [0.15, 0.2) is 5.65 Å². The van der Waals surface area contributed by atoms with Crippen LogP contribution in [0.3, 0.4) is 0 Å². The van der Waals surface area contributed by atoms with Crippen molar-refractivity contribution >= 4 is 17.0 Å². The van der Waals surface area contributed by atoms with Gasteiger partial charge in [-0.15, -0.1) is 0 Å². The highest BCUT2D eigenvalue weighted by Gasteiger charge is 2.16. The molecule has 0 aliphatic heterocycles. The molecule has 0 bridgehead atoms. The van der Waals surface area contributed by atoms with Gasteiger partial charge in [-0.1, -0.05) is 5.92 Å². The predicted octanol–water partition coefficient (Wildman–Crippen LogP) is 0.654. The van der Waals surface area contributed by atoms with E-state index in [1.54, 1.807) is 11.6 Å². The average Bonchev–Trinajstić information content (AvgIpc) is 2.57. The molecule has 0 saturated carbocycles. The number of anilines is 1. The standard InChI is InChI=1S/C11H13N5O/c1-4-5-7-8-9(16(15-7)6(2)3)13-11(12)14-10(8)17/h6H,1-3H3,(H3,12,13,14,17). The van der Waals surface area contributed by atoms with Crippen molar-refractivity contribution in [3.05, 3.63) is 16.0 Å². The highest BCUT2D eigenvalue weighted by molar-refractivity contribution is 5.81. The van der Waals surface area contributed by atoms with E-state index in [1.165, 1.54) is 0 Å². The first-order valence-electron chi connectivity index (χ1n) is 5.25. The lowest BCUT2D eigenvalue weighted by Crippen LogP contribution is -2.12. The maximum Gasteiger partial charge on any atom is 0.264 e. The van der Waals surface area contributed by atoms with E-state index in [2.05, 4.69) is 26.9 Å². The molecular weight excluding hydrogens is 218 g/mol. The van der Waals surface area contributed by atoms with Crippen molar-refractivity contribution in [3.63, 3.8) is 0 Å². The Morgan fingerprint density at radius 1 is 1.47 bits per heavy atom. The number of H-pyrrole nitrogens is 1. The van der Waals surface area contributed by atoms with E-state index in [0.717, 1.165) is 0 Å². The summed E-state index contributed by atoms with van der Waals surface area (Å²) in [6, 6.07) is 0.0820. The van der Waals surface area contributed by atoms with E-state index >= 15 is 0 Å². The molecule has 17 heavy (non-hydrogen) atoms. The second-order valence-electron chi connectivity index (χ2n) is 3.91. The molecule has 6 heteroatoms. The number of hydrogen-bond donors (Lipinski definition) is 2. The molecule has 88 valence electrons. The molecule has 2 aromatic rings. The molecule has 0 saturated heterocycles. The summed E-state index contributed by atoms with van der Waals surface area (Å²) in [5.74, 6) is 5.62. The van der Waals surface area contributed by atoms with Crippen molar-refractivity contribution < 1.29 is 0 Å². The first kappa shape index (κ1) is 11.2. The van der Waals surface area contributed by atoms with Crippen molar-refractivity contribution in [1.29, 1.82) is 0 Å². The highest BCUT2D eigenvalue weighted by atomic mass is 16.1. The Kier molecular flexibility index (Phi) is 2.60. The molecule has 2 aromatic heterocycles. The summed E-state index contributed by atoms with van der Waals surface area (Å²) in [6.07, 6.45) is 0. The Bertz CT molecular complexity index is 683. The van der Waals surface area contributed by atoms with Crippen LogP contribution >= 0.6 is 0 Å². The zero-order valence-corrected chi connectivity index (χ0v) is 9.90. The minimum absolute atomic E-state index is 0.0820. The maximum atomic E-state index is 11.8. The fraction of sp³-hybridized carbons (Fsp3) is 0.364. The molecule has 3 N–H and O–H groups in total. The van der Waals surface area contributed by atoms with Crippen LogP contribution in [0.2, 0.25) is 0 Å². The van der Waals surface area contributed by atoms with E-state index in [4.69, 9.17) is 5.73 Å². The number of hydrogen-bond acceptors (Lipinski definition) is 4. The molecule has 0 aliphatic rings. The zero-order chi connectivity index (χ0) is 12.6. The first-order chi connectivity index (χ1) is 8.04. The molecule has 0 unspecified atom stereocenters. The van der Waals surface area contributed by atoms with E-state index < -0.39 is 0 Å². The largest absolute Gasteiger partial charge is 0.369 e. The topological polar surface area (TPSA) is 89.6 Å². The van der Waals surface area contributed by atoms with Gasteiger partial charge in [0.2, 0.25) is 5.95 Å². The molecule has 6 nitrogen and oxygen atoms in total. The summed E-state index contributed by atoms with van der Waals surface area (Å²) in [5.41, 5.74) is 6.13. The van der Waals surface area contributed by atoms with Gasteiger partial charge in [-0.3, -0.25) is 9.78 Å².